The molecule has 0 aromatic heterocycles. The van der Waals surface area contributed by atoms with Crippen LogP contribution in [-0.2, 0) is 9.59 Å². The van der Waals surface area contributed by atoms with E-state index in [1.54, 1.807) is 0 Å². The van der Waals surface area contributed by atoms with Gasteiger partial charge in [-0.15, -0.1) is 0 Å². The van der Waals surface area contributed by atoms with Crippen molar-refractivity contribution in [3.63, 3.8) is 0 Å². The number of nitrogens with zero attached hydrogens (tertiary/aromatic N) is 2. The first-order valence-corrected chi connectivity index (χ1v) is 9.04. The predicted octanol–water partition coefficient (Wildman–Crippen LogP) is 0.563. The summed E-state index contributed by atoms with van der Waals surface area (Å²) in [5, 5.41) is 2.87. The zero-order valence-corrected chi connectivity index (χ0v) is 14.6. The molecule has 2 rings (SSSR count). The molecule has 3 N–H and O–H groups in total. The Labute approximate surface area is 139 Å². The lowest BCUT2D eigenvalue weighted by Crippen LogP contribution is -2.53. The average molecular weight is 324 g/mol. The van der Waals surface area contributed by atoms with Crippen LogP contribution < -0.4 is 11.1 Å². The number of rotatable bonds is 5. The molecule has 0 radical (unpaired) electrons. The summed E-state index contributed by atoms with van der Waals surface area (Å²) in [5.41, 5.74) is 5.43. The molecule has 2 fully saturated rings. The molecule has 0 aliphatic carbocycles. The second-order valence-electron chi connectivity index (χ2n) is 7.08. The van der Waals surface area contributed by atoms with Gasteiger partial charge < -0.3 is 16.0 Å². The van der Waals surface area contributed by atoms with Gasteiger partial charge in [0, 0.05) is 31.7 Å². The first-order chi connectivity index (χ1) is 11.0. The fourth-order valence-corrected chi connectivity index (χ4v) is 3.94. The minimum atomic E-state index is -0.0145. The molecule has 2 amide bonds. The van der Waals surface area contributed by atoms with Crippen molar-refractivity contribution in [2.75, 3.05) is 32.7 Å². The van der Waals surface area contributed by atoms with Crippen LogP contribution in [0, 0.1) is 5.92 Å². The van der Waals surface area contributed by atoms with E-state index in [0.29, 0.717) is 38.3 Å². The van der Waals surface area contributed by atoms with Crippen molar-refractivity contribution >= 4 is 11.8 Å². The third-order valence-electron chi connectivity index (χ3n) is 5.16. The van der Waals surface area contributed by atoms with Gasteiger partial charge in [-0.25, -0.2) is 0 Å². The summed E-state index contributed by atoms with van der Waals surface area (Å²) < 4.78 is 0. The highest BCUT2D eigenvalue weighted by Crippen LogP contribution is 2.23. The lowest BCUT2D eigenvalue weighted by molar-refractivity contribution is -0.140. The Hall–Kier alpha value is -1.14. The number of carbonyl (C=O) groups is 2. The minimum Gasteiger partial charge on any atom is -0.355 e. The molecule has 2 heterocycles. The first-order valence-electron chi connectivity index (χ1n) is 9.04. The molecule has 3 unspecified atom stereocenters. The summed E-state index contributed by atoms with van der Waals surface area (Å²) in [6.45, 7) is 7.30. The molecule has 0 saturated carbocycles. The van der Waals surface area contributed by atoms with Crippen LogP contribution in [0.3, 0.4) is 0 Å². The third kappa shape index (κ3) is 4.91. The Kier molecular flexibility index (Phi) is 6.84. The van der Waals surface area contributed by atoms with Gasteiger partial charge in [0.15, 0.2) is 0 Å². The number of nitrogens with two attached hydrogens (primary N) is 1. The minimum absolute atomic E-state index is 0.0145. The number of nitrogens with one attached hydrogen (secondary N) is 1. The molecule has 0 aromatic carbocycles. The average Bonchev–Trinajstić information content (AvgIpc) is 2.52. The van der Waals surface area contributed by atoms with E-state index in [0.717, 1.165) is 32.2 Å². The van der Waals surface area contributed by atoms with Crippen molar-refractivity contribution in [1.82, 2.24) is 15.1 Å². The number of carbonyl (C=O) groups excluding carboxylic acids is 2. The van der Waals surface area contributed by atoms with Crippen LogP contribution in [0.25, 0.3) is 0 Å². The van der Waals surface area contributed by atoms with Crippen molar-refractivity contribution < 1.29 is 9.59 Å². The van der Waals surface area contributed by atoms with E-state index in [-0.39, 0.29) is 17.7 Å². The third-order valence-corrected chi connectivity index (χ3v) is 5.16. The van der Waals surface area contributed by atoms with Gasteiger partial charge in [-0.3, -0.25) is 14.5 Å². The molecule has 6 nitrogen and oxygen atoms in total. The van der Waals surface area contributed by atoms with E-state index in [1.165, 1.54) is 6.42 Å². The molecule has 132 valence electrons. The number of hydrogen-bond acceptors (Lipinski definition) is 4. The van der Waals surface area contributed by atoms with Crippen molar-refractivity contribution in [2.24, 2.45) is 11.7 Å². The maximum atomic E-state index is 12.7. The van der Waals surface area contributed by atoms with Crippen molar-refractivity contribution in [2.45, 2.75) is 58.0 Å². The Morgan fingerprint density at radius 1 is 1.13 bits per heavy atom. The monoisotopic (exact) mass is 324 g/mol. The highest BCUT2D eigenvalue weighted by atomic mass is 16.2. The Balaban J connectivity index is 1.86. The second-order valence-corrected chi connectivity index (χ2v) is 7.08. The summed E-state index contributed by atoms with van der Waals surface area (Å²) in [5.74, 6) is 0.277. The fourth-order valence-electron chi connectivity index (χ4n) is 3.94. The van der Waals surface area contributed by atoms with Crippen LogP contribution in [0.5, 0.6) is 0 Å². The number of amides is 2. The van der Waals surface area contributed by atoms with Crippen LogP contribution in [0.15, 0.2) is 0 Å². The Bertz CT molecular complexity index is 405. The van der Waals surface area contributed by atoms with E-state index < -0.39 is 0 Å². The molecular weight excluding hydrogens is 292 g/mol. The summed E-state index contributed by atoms with van der Waals surface area (Å²) in [6, 6.07) is 0.666. The zero-order valence-electron chi connectivity index (χ0n) is 14.6. The fraction of sp³-hybridized carbons (Fsp3) is 0.882. The number of hydrogen-bond donors (Lipinski definition) is 2. The molecule has 2 aliphatic heterocycles. The van der Waals surface area contributed by atoms with Gasteiger partial charge in [0.05, 0.1) is 12.5 Å². The van der Waals surface area contributed by atoms with E-state index in [4.69, 9.17) is 5.73 Å². The molecule has 2 saturated heterocycles. The smallest absolute Gasteiger partial charge is 0.237 e. The largest absolute Gasteiger partial charge is 0.355 e. The van der Waals surface area contributed by atoms with Crippen LogP contribution in [0.4, 0.5) is 0 Å². The lowest BCUT2D eigenvalue weighted by Gasteiger charge is -2.41. The van der Waals surface area contributed by atoms with Gasteiger partial charge in [-0.2, -0.15) is 0 Å². The van der Waals surface area contributed by atoms with Crippen LogP contribution >= 0.6 is 0 Å². The van der Waals surface area contributed by atoms with E-state index in [1.807, 2.05) is 0 Å². The van der Waals surface area contributed by atoms with Crippen molar-refractivity contribution in [1.29, 1.82) is 0 Å². The zero-order chi connectivity index (χ0) is 16.8. The highest BCUT2D eigenvalue weighted by molar-refractivity contribution is 5.80. The van der Waals surface area contributed by atoms with Gasteiger partial charge >= 0.3 is 0 Å². The van der Waals surface area contributed by atoms with Crippen LogP contribution in [-0.4, -0.2) is 66.4 Å². The van der Waals surface area contributed by atoms with Gasteiger partial charge in [0.2, 0.25) is 11.8 Å². The standard InChI is InChI=1S/C17H32N4O2/c1-13-5-3-6-14(2)21(13)16(22)12-20-10-4-7-15(11-20)17(23)19-9-8-18/h13-15H,3-12,18H2,1-2H3,(H,19,23). The Morgan fingerprint density at radius 3 is 2.48 bits per heavy atom. The topological polar surface area (TPSA) is 78.7 Å². The SMILES string of the molecule is CC1CCCC(C)N1C(=O)CN1CCCC(C(=O)NCCN)C1. The quantitative estimate of drug-likeness (QED) is 0.775. The van der Waals surface area contributed by atoms with Gasteiger partial charge in [-0.1, -0.05) is 0 Å². The van der Waals surface area contributed by atoms with Gasteiger partial charge in [-0.05, 0) is 52.5 Å². The van der Waals surface area contributed by atoms with E-state index >= 15 is 0 Å². The molecule has 0 spiro atoms. The first kappa shape index (κ1) is 18.2. The summed E-state index contributed by atoms with van der Waals surface area (Å²) in [4.78, 5) is 29.0. The highest BCUT2D eigenvalue weighted by Gasteiger charge is 2.32. The molecule has 6 heteroatoms. The van der Waals surface area contributed by atoms with Crippen molar-refractivity contribution in [3.8, 4) is 0 Å². The molecule has 0 aromatic rings. The number of likely N-dealkylation sites (tertiary alicyclic amines) is 2. The Morgan fingerprint density at radius 2 is 1.83 bits per heavy atom. The molecule has 0 bridgehead atoms. The summed E-state index contributed by atoms with van der Waals surface area (Å²) in [6.07, 6.45) is 5.27. The maximum Gasteiger partial charge on any atom is 0.237 e. The number of piperidine rings is 2. The lowest BCUT2D eigenvalue weighted by atomic mass is 9.96. The van der Waals surface area contributed by atoms with E-state index in [2.05, 4.69) is 29.0 Å². The molecule has 23 heavy (non-hydrogen) atoms. The van der Waals surface area contributed by atoms with Crippen molar-refractivity contribution in [3.05, 3.63) is 0 Å². The molecule has 3 atom stereocenters. The molecule has 2 aliphatic rings. The van der Waals surface area contributed by atoms with Gasteiger partial charge in [0.1, 0.15) is 0 Å². The second kappa shape index (κ2) is 8.64. The summed E-state index contributed by atoms with van der Waals surface area (Å²) in [7, 11) is 0. The molecular formula is C17H32N4O2. The van der Waals surface area contributed by atoms with Crippen LogP contribution in [0.2, 0.25) is 0 Å². The van der Waals surface area contributed by atoms with Crippen LogP contribution in [0.1, 0.15) is 46.0 Å². The predicted molar refractivity (Wildman–Crippen MR) is 90.8 cm³/mol. The normalized spacial score (nSPS) is 29.3. The summed E-state index contributed by atoms with van der Waals surface area (Å²) >= 11 is 0. The van der Waals surface area contributed by atoms with E-state index in [9.17, 15) is 9.59 Å². The maximum absolute atomic E-state index is 12.7. The van der Waals surface area contributed by atoms with Gasteiger partial charge in [0.25, 0.3) is 0 Å².